The van der Waals surface area contributed by atoms with Gasteiger partial charge in [0.25, 0.3) is 0 Å². The third-order valence-corrected chi connectivity index (χ3v) is 4.18. The van der Waals surface area contributed by atoms with Crippen LogP contribution in [0.4, 0.5) is 5.95 Å². The molecule has 0 radical (unpaired) electrons. The number of ether oxygens (including phenoxy) is 1. The number of esters is 1. The average Bonchev–Trinajstić information content (AvgIpc) is 2.54. The van der Waals surface area contributed by atoms with Crippen LogP contribution in [0.3, 0.4) is 0 Å². The lowest BCUT2D eigenvalue weighted by atomic mass is 10.00. The van der Waals surface area contributed by atoms with Gasteiger partial charge in [0.2, 0.25) is 5.95 Å². The number of carbonyl (C=O) groups is 1. The topological polar surface area (TPSA) is 58.6 Å². The number of aromatic nitrogens is 2. The molecule has 0 spiro atoms. The van der Waals surface area contributed by atoms with Crippen LogP contribution in [0, 0.1) is 0 Å². The average molecular weight is 276 g/mol. The van der Waals surface area contributed by atoms with Crippen LogP contribution in [0.5, 0.6) is 0 Å². The zero-order valence-corrected chi connectivity index (χ0v) is 11.8. The van der Waals surface area contributed by atoms with Gasteiger partial charge in [-0.3, -0.25) is 4.90 Å². The summed E-state index contributed by atoms with van der Waals surface area (Å²) >= 11 is 0. The lowest BCUT2D eigenvalue weighted by molar-refractivity contribution is 0.0599. The first-order valence-corrected chi connectivity index (χ1v) is 7.17. The van der Waals surface area contributed by atoms with Gasteiger partial charge in [0, 0.05) is 38.1 Å². The third kappa shape index (κ3) is 2.60. The van der Waals surface area contributed by atoms with Gasteiger partial charge >= 0.3 is 5.97 Å². The molecular formula is C14H20N4O2. The van der Waals surface area contributed by atoms with Crippen molar-refractivity contribution in [2.45, 2.75) is 25.3 Å². The Morgan fingerprint density at radius 3 is 2.80 bits per heavy atom. The van der Waals surface area contributed by atoms with E-state index in [4.69, 9.17) is 0 Å². The molecule has 6 nitrogen and oxygen atoms in total. The number of carbonyl (C=O) groups excluding carboxylic acids is 1. The van der Waals surface area contributed by atoms with Crippen molar-refractivity contribution in [1.82, 2.24) is 14.9 Å². The molecule has 2 aliphatic rings. The van der Waals surface area contributed by atoms with Crippen molar-refractivity contribution >= 4 is 11.9 Å². The summed E-state index contributed by atoms with van der Waals surface area (Å²) in [7, 11) is 1.36. The van der Waals surface area contributed by atoms with Crippen molar-refractivity contribution in [1.29, 1.82) is 0 Å². The predicted octanol–water partition coefficient (Wildman–Crippen LogP) is 0.938. The van der Waals surface area contributed by atoms with Crippen LogP contribution in [0.15, 0.2) is 12.4 Å². The van der Waals surface area contributed by atoms with Crippen LogP contribution in [0.2, 0.25) is 0 Å². The molecule has 0 N–H and O–H groups in total. The standard InChI is InChI=1S/C14H20N4O2/c1-20-13(19)11-8-15-14(16-9-11)18-7-6-17-5-3-2-4-12(17)10-18/h8-9,12H,2-7,10H2,1H3. The highest BCUT2D eigenvalue weighted by Crippen LogP contribution is 2.23. The van der Waals surface area contributed by atoms with Gasteiger partial charge in [-0.05, 0) is 19.4 Å². The van der Waals surface area contributed by atoms with Gasteiger partial charge in [-0.2, -0.15) is 0 Å². The minimum Gasteiger partial charge on any atom is -0.465 e. The van der Waals surface area contributed by atoms with E-state index in [-0.39, 0.29) is 0 Å². The first-order chi connectivity index (χ1) is 9.78. The smallest absolute Gasteiger partial charge is 0.341 e. The second-order valence-corrected chi connectivity index (χ2v) is 5.39. The van der Waals surface area contributed by atoms with E-state index >= 15 is 0 Å². The molecular weight excluding hydrogens is 256 g/mol. The van der Waals surface area contributed by atoms with Gasteiger partial charge in [0.15, 0.2) is 0 Å². The molecule has 20 heavy (non-hydrogen) atoms. The minimum atomic E-state index is -0.395. The maximum atomic E-state index is 11.4. The number of rotatable bonds is 2. The highest BCUT2D eigenvalue weighted by Gasteiger charge is 2.29. The van der Waals surface area contributed by atoms with Crippen molar-refractivity contribution in [2.24, 2.45) is 0 Å². The molecule has 6 heteroatoms. The summed E-state index contributed by atoms with van der Waals surface area (Å²) in [6.45, 7) is 4.24. The lowest BCUT2D eigenvalue weighted by Gasteiger charge is -2.43. The summed E-state index contributed by atoms with van der Waals surface area (Å²) in [5.74, 6) is 0.316. The monoisotopic (exact) mass is 276 g/mol. The molecule has 108 valence electrons. The number of piperidine rings is 1. The first-order valence-electron chi connectivity index (χ1n) is 7.17. The van der Waals surface area contributed by atoms with Crippen LogP contribution < -0.4 is 4.90 Å². The number of nitrogens with zero attached hydrogens (tertiary/aromatic N) is 4. The fourth-order valence-electron chi connectivity index (χ4n) is 3.05. The second-order valence-electron chi connectivity index (χ2n) is 5.39. The molecule has 1 aromatic rings. The van der Waals surface area contributed by atoms with Gasteiger partial charge in [0.05, 0.1) is 12.7 Å². The molecule has 1 unspecified atom stereocenters. The Balaban J connectivity index is 1.68. The fraction of sp³-hybridized carbons (Fsp3) is 0.643. The second kappa shape index (κ2) is 5.75. The molecule has 2 fully saturated rings. The number of methoxy groups -OCH3 is 1. The quantitative estimate of drug-likeness (QED) is 0.749. The van der Waals surface area contributed by atoms with E-state index in [0.717, 1.165) is 19.6 Å². The Morgan fingerprint density at radius 1 is 1.25 bits per heavy atom. The zero-order valence-electron chi connectivity index (χ0n) is 11.8. The van der Waals surface area contributed by atoms with Gasteiger partial charge < -0.3 is 9.64 Å². The molecule has 0 amide bonds. The van der Waals surface area contributed by atoms with Crippen LogP contribution in [-0.2, 0) is 4.74 Å². The Kier molecular flexibility index (Phi) is 3.82. The lowest BCUT2D eigenvalue weighted by Crippen LogP contribution is -2.55. The maximum Gasteiger partial charge on any atom is 0.341 e. The SMILES string of the molecule is COC(=O)c1cnc(N2CCN3CCCCC3C2)nc1. The highest BCUT2D eigenvalue weighted by atomic mass is 16.5. The highest BCUT2D eigenvalue weighted by molar-refractivity contribution is 5.88. The molecule has 0 bridgehead atoms. The van der Waals surface area contributed by atoms with E-state index in [2.05, 4.69) is 24.5 Å². The minimum absolute atomic E-state index is 0.395. The zero-order chi connectivity index (χ0) is 13.9. The van der Waals surface area contributed by atoms with E-state index < -0.39 is 5.97 Å². The molecule has 0 aliphatic carbocycles. The van der Waals surface area contributed by atoms with Crippen LogP contribution in [0.1, 0.15) is 29.6 Å². The Bertz CT molecular complexity index is 477. The molecule has 1 atom stereocenters. The molecule has 3 rings (SSSR count). The van der Waals surface area contributed by atoms with Crippen molar-refractivity contribution in [2.75, 3.05) is 38.2 Å². The fourth-order valence-corrected chi connectivity index (χ4v) is 3.05. The summed E-state index contributed by atoms with van der Waals surface area (Å²) in [6, 6.07) is 0.626. The summed E-state index contributed by atoms with van der Waals surface area (Å²) in [5.41, 5.74) is 0.396. The Labute approximate surface area is 118 Å². The van der Waals surface area contributed by atoms with Gasteiger partial charge in [-0.25, -0.2) is 14.8 Å². The summed E-state index contributed by atoms with van der Waals surface area (Å²) in [5, 5.41) is 0. The summed E-state index contributed by atoms with van der Waals surface area (Å²) < 4.78 is 4.65. The maximum absolute atomic E-state index is 11.4. The molecule has 3 heterocycles. The van der Waals surface area contributed by atoms with Crippen molar-refractivity contribution < 1.29 is 9.53 Å². The Hall–Kier alpha value is -1.69. The first kappa shape index (κ1) is 13.3. The number of anilines is 1. The van der Waals surface area contributed by atoms with E-state index in [0.29, 0.717) is 17.6 Å². The van der Waals surface area contributed by atoms with E-state index in [1.54, 1.807) is 12.4 Å². The van der Waals surface area contributed by atoms with E-state index in [1.807, 2.05) is 0 Å². The molecule has 0 aromatic carbocycles. The van der Waals surface area contributed by atoms with Crippen LogP contribution >= 0.6 is 0 Å². The van der Waals surface area contributed by atoms with Crippen molar-refractivity contribution in [3.05, 3.63) is 18.0 Å². The van der Waals surface area contributed by atoms with Crippen LogP contribution in [-0.4, -0.2) is 60.2 Å². The molecule has 2 saturated heterocycles. The summed E-state index contributed by atoms with van der Waals surface area (Å²) in [6.07, 6.45) is 6.98. The molecule has 2 aliphatic heterocycles. The van der Waals surface area contributed by atoms with Gasteiger partial charge in [0.1, 0.15) is 0 Å². The summed E-state index contributed by atoms with van der Waals surface area (Å²) in [4.78, 5) is 24.8. The largest absolute Gasteiger partial charge is 0.465 e. The number of piperazine rings is 1. The van der Waals surface area contributed by atoms with E-state index in [1.165, 1.54) is 32.9 Å². The van der Waals surface area contributed by atoms with Crippen LogP contribution in [0.25, 0.3) is 0 Å². The number of hydrogen-bond donors (Lipinski definition) is 0. The third-order valence-electron chi connectivity index (χ3n) is 4.18. The van der Waals surface area contributed by atoms with Gasteiger partial charge in [-0.15, -0.1) is 0 Å². The van der Waals surface area contributed by atoms with E-state index in [9.17, 15) is 4.79 Å². The number of hydrogen-bond acceptors (Lipinski definition) is 6. The van der Waals surface area contributed by atoms with Crippen molar-refractivity contribution in [3.63, 3.8) is 0 Å². The molecule has 0 saturated carbocycles. The Morgan fingerprint density at radius 2 is 2.05 bits per heavy atom. The normalized spacial score (nSPS) is 23.2. The van der Waals surface area contributed by atoms with Crippen molar-refractivity contribution in [3.8, 4) is 0 Å². The predicted molar refractivity (Wildman–Crippen MR) is 74.8 cm³/mol. The van der Waals surface area contributed by atoms with Gasteiger partial charge in [-0.1, -0.05) is 6.42 Å². The molecule has 1 aromatic heterocycles. The number of fused-ring (bicyclic) bond motifs is 1.